The highest BCUT2D eigenvalue weighted by Crippen LogP contribution is 2.19. The Bertz CT molecular complexity index is 853. The number of hydrogen-bond donors (Lipinski definition) is 2. The molecule has 1 fully saturated rings. The van der Waals surface area contributed by atoms with Gasteiger partial charge >= 0.3 is 6.03 Å². The number of urea groups is 1. The van der Waals surface area contributed by atoms with Crippen LogP contribution in [0.2, 0.25) is 0 Å². The Labute approximate surface area is 150 Å². The molecule has 1 heterocycles. The van der Waals surface area contributed by atoms with Gasteiger partial charge in [-0.05, 0) is 24.6 Å². The summed E-state index contributed by atoms with van der Waals surface area (Å²) >= 11 is 0. The topological polar surface area (TPSA) is 78.5 Å². The Hall–Kier alpha value is -3.22. The molecule has 0 saturated carbocycles. The van der Waals surface area contributed by atoms with E-state index in [-0.39, 0.29) is 19.0 Å². The fraction of sp³-hybridized carbons (Fsp3) is 0.211. The summed E-state index contributed by atoms with van der Waals surface area (Å²) in [7, 11) is 0. The van der Waals surface area contributed by atoms with Crippen molar-refractivity contribution in [2.45, 2.75) is 19.5 Å². The van der Waals surface area contributed by atoms with E-state index in [1.165, 1.54) is 6.07 Å². The van der Waals surface area contributed by atoms with Crippen molar-refractivity contribution in [2.24, 2.45) is 0 Å². The molecule has 4 amide bonds. The molecule has 1 saturated heterocycles. The number of halogens is 1. The highest BCUT2D eigenvalue weighted by Gasteiger charge is 2.29. The van der Waals surface area contributed by atoms with E-state index in [1.54, 1.807) is 49.4 Å². The maximum atomic E-state index is 13.9. The van der Waals surface area contributed by atoms with Gasteiger partial charge in [-0.25, -0.2) is 9.18 Å². The third-order valence-electron chi connectivity index (χ3n) is 4.25. The maximum absolute atomic E-state index is 13.9. The normalized spacial score (nSPS) is 14.9. The summed E-state index contributed by atoms with van der Waals surface area (Å²) in [5.41, 5.74) is 1.26. The number of amides is 4. The zero-order valence-corrected chi connectivity index (χ0v) is 14.2. The van der Waals surface area contributed by atoms with Crippen molar-refractivity contribution in [3.63, 3.8) is 0 Å². The first-order valence-electron chi connectivity index (χ1n) is 8.18. The maximum Gasteiger partial charge on any atom is 0.324 e. The Kier molecular flexibility index (Phi) is 4.97. The number of benzene rings is 2. The molecule has 0 unspecified atom stereocenters. The van der Waals surface area contributed by atoms with Crippen molar-refractivity contribution in [3.05, 3.63) is 71.0 Å². The second-order valence-corrected chi connectivity index (χ2v) is 6.01. The molecule has 2 N–H and O–H groups in total. The third-order valence-corrected chi connectivity index (χ3v) is 4.25. The Morgan fingerprint density at radius 2 is 1.88 bits per heavy atom. The molecule has 0 radical (unpaired) electrons. The minimum absolute atomic E-state index is 0.00232. The fourth-order valence-corrected chi connectivity index (χ4v) is 2.84. The molecule has 0 bridgehead atoms. The van der Waals surface area contributed by atoms with Gasteiger partial charge in [-0.1, -0.05) is 36.4 Å². The van der Waals surface area contributed by atoms with Gasteiger partial charge in [0.25, 0.3) is 5.91 Å². The van der Waals surface area contributed by atoms with Crippen molar-refractivity contribution in [1.29, 1.82) is 0 Å². The minimum atomic E-state index is -0.534. The van der Waals surface area contributed by atoms with Crippen LogP contribution in [0.4, 0.5) is 9.18 Å². The van der Waals surface area contributed by atoms with Crippen LogP contribution in [0.25, 0.3) is 0 Å². The van der Waals surface area contributed by atoms with E-state index in [0.29, 0.717) is 16.7 Å². The first-order valence-corrected chi connectivity index (χ1v) is 8.18. The molecule has 7 heteroatoms. The molecule has 3 rings (SSSR count). The average Bonchev–Trinajstić information content (AvgIpc) is 2.94. The second-order valence-electron chi connectivity index (χ2n) is 6.01. The summed E-state index contributed by atoms with van der Waals surface area (Å²) < 4.78 is 13.9. The molecule has 0 spiro atoms. The Morgan fingerprint density at radius 3 is 2.58 bits per heavy atom. The van der Waals surface area contributed by atoms with Gasteiger partial charge in [-0.3, -0.25) is 14.5 Å². The molecule has 1 aliphatic heterocycles. The van der Waals surface area contributed by atoms with Crippen molar-refractivity contribution in [2.75, 3.05) is 6.54 Å². The molecule has 0 aliphatic carbocycles. The summed E-state index contributed by atoms with van der Waals surface area (Å²) in [6.45, 7) is 1.65. The van der Waals surface area contributed by atoms with Crippen molar-refractivity contribution >= 4 is 17.8 Å². The van der Waals surface area contributed by atoms with Crippen molar-refractivity contribution < 1.29 is 18.8 Å². The van der Waals surface area contributed by atoms with Crippen LogP contribution in [0.15, 0.2) is 48.5 Å². The number of carbonyl (C=O) groups is 3. The molecule has 0 aromatic heterocycles. The smallest absolute Gasteiger partial charge is 0.324 e. The molecule has 2 aromatic carbocycles. The Morgan fingerprint density at radius 1 is 1.19 bits per heavy atom. The highest BCUT2D eigenvalue weighted by molar-refractivity contribution is 6.02. The lowest BCUT2D eigenvalue weighted by Gasteiger charge is -2.18. The number of hydrogen-bond acceptors (Lipinski definition) is 3. The van der Waals surface area contributed by atoms with Crippen LogP contribution in [0, 0.1) is 5.82 Å². The molecular weight excluding hydrogens is 337 g/mol. The highest BCUT2D eigenvalue weighted by atomic mass is 19.1. The molecule has 134 valence electrons. The zero-order valence-electron chi connectivity index (χ0n) is 14.2. The summed E-state index contributed by atoms with van der Waals surface area (Å²) in [6, 6.07) is 11.9. The van der Waals surface area contributed by atoms with Gasteiger partial charge in [0.15, 0.2) is 0 Å². The van der Waals surface area contributed by atoms with Crippen LogP contribution in [0.1, 0.15) is 34.5 Å². The van der Waals surface area contributed by atoms with Crippen LogP contribution < -0.4 is 10.6 Å². The summed E-state index contributed by atoms with van der Waals surface area (Å²) in [5.74, 6) is -1.14. The lowest BCUT2D eigenvalue weighted by Crippen LogP contribution is -2.32. The van der Waals surface area contributed by atoms with E-state index in [0.717, 1.165) is 4.90 Å². The lowest BCUT2D eigenvalue weighted by molar-refractivity contribution is -0.125. The number of imide groups is 1. The fourth-order valence-electron chi connectivity index (χ4n) is 2.84. The second kappa shape index (κ2) is 7.35. The standard InChI is InChI=1S/C19H18FN3O3/c1-12(14-7-4-5-9-16(14)20)22-18(25)15-8-3-2-6-13(15)11-23-17(24)10-21-19(23)26/h2-9,12H,10-11H2,1H3,(H,21,26)(H,22,25)/t12-/m0/s1. The van der Waals surface area contributed by atoms with Crippen LogP contribution in [0.5, 0.6) is 0 Å². The lowest BCUT2D eigenvalue weighted by atomic mass is 10.0. The van der Waals surface area contributed by atoms with E-state index in [9.17, 15) is 18.8 Å². The van der Waals surface area contributed by atoms with Crippen LogP contribution >= 0.6 is 0 Å². The van der Waals surface area contributed by atoms with E-state index >= 15 is 0 Å². The first-order chi connectivity index (χ1) is 12.5. The molecule has 2 aromatic rings. The van der Waals surface area contributed by atoms with Crippen LogP contribution in [-0.2, 0) is 11.3 Å². The van der Waals surface area contributed by atoms with Crippen LogP contribution in [0.3, 0.4) is 0 Å². The van der Waals surface area contributed by atoms with E-state index in [1.807, 2.05) is 0 Å². The third kappa shape index (κ3) is 3.56. The van der Waals surface area contributed by atoms with Gasteiger partial charge in [0, 0.05) is 11.1 Å². The van der Waals surface area contributed by atoms with Crippen LogP contribution in [-0.4, -0.2) is 29.3 Å². The van der Waals surface area contributed by atoms with Crippen molar-refractivity contribution in [3.8, 4) is 0 Å². The van der Waals surface area contributed by atoms with E-state index in [2.05, 4.69) is 10.6 Å². The van der Waals surface area contributed by atoms with Gasteiger partial charge in [-0.2, -0.15) is 0 Å². The molecule has 1 atom stereocenters. The predicted octanol–water partition coefficient (Wildman–Crippen LogP) is 2.37. The predicted molar refractivity (Wildman–Crippen MR) is 92.7 cm³/mol. The Balaban J connectivity index is 1.79. The van der Waals surface area contributed by atoms with E-state index < -0.39 is 23.8 Å². The summed E-state index contributed by atoms with van der Waals surface area (Å²) in [4.78, 5) is 37.2. The monoisotopic (exact) mass is 355 g/mol. The van der Waals surface area contributed by atoms with E-state index in [4.69, 9.17) is 0 Å². The van der Waals surface area contributed by atoms with Gasteiger partial charge in [0.05, 0.1) is 19.1 Å². The summed E-state index contributed by atoms with van der Waals surface area (Å²) in [6.07, 6.45) is 0. The molecule has 6 nitrogen and oxygen atoms in total. The number of nitrogens with zero attached hydrogens (tertiary/aromatic N) is 1. The zero-order chi connectivity index (χ0) is 18.7. The van der Waals surface area contributed by atoms with Gasteiger partial charge in [0.1, 0.15) is 5.82 Å². The molecular formula is C19H18FN3O3. The van der Waals surface area contributed by atoms with Crippen molar-refractivity contribution in [1.82, 2.24) is 15.5 Å². The largest absolute Gasteiger partial charge is 0.345 e. The number of carbonyl (C=O) groups excluding carboxylic acids is 3. The molecule has 26 heavy (non-hydrogen) atoms. The first kappa shape index (κ1) is 17.6. The van der Waals surface area contributed by atoms with Gasteiger partial charge < -0.3 is 10.6 Å². The average molecular weight is 355 g/mol. The SMILES string of the molecule is C[C@H](NC(=O)c1ccccc1CN1C(=O)CNC1=O)c1ccccc1F. The van der Waals surface area contributed by atoms with Gasteiger partial charge in [0.2, 0.25) is 5.91 Å². The minimum Gasteiger partial charge on any atom is -0.345 e. The van der Waals surface area contributed by atoms with Gasteiger partial charge in [-0.15, -0.1) is 0 Å². The molecule has 1 aliphatic rings. The summed E-state index contributed by atoms with van der Waals surface area (Å²) in [5, 5.41) is 5.20. The quantitative estimate of drug-likeness (QED) is 0.808. The number of nitrogens with one attached hydrogen (secondary N) is 2. The number of rotatable bonds is 5.